The van der Waals surface area contributed by atoms with Crippen molar-refractivity contribution in [3.63, 3.8) is 0 Å². The standard InChI is InChI=1S/C28H32ClN7O2/c1-18-11-25-30-21(16-36(25)15-19(18)2)14-24-31-27-22(28(38)32-24)12-20(29)13-23(27)34-7-9-35(10-8-34)26(37)17-33-5-3-4-6-33/h11-13,15-16H,3-10,14,17H2,1-2H3,(H,31,32,38). The Morgan fingerprint density at radius 3 is 2.50 bits per heavy atom. The van der Waals surface area contributed by atoms with Gasteiger partial charge in [-0.2, -0.15) is 0 Å². The van der Waals surface area contributed by atoms with Gasteiger partial charge in [-0.25, -0.2) is 9.97 Å². The summed E-state index contributed by atoms with van der Waals surface area (Å²) in [5.41, 5.74) is 5.31. The molecule has 2 aliphatic heterocycles. The first-order valence-electron chi connectivity index (χ1n) is 13.3. The van der Waals surface area contributed by atoms with E-state index >= 15 is 0 Å². The average Bonchev–Trinajstić information content (AvgIpc) is 3.54. The van der Waals surface area contributed by atoms with Crippen molar-refractivity contribution < 1.29 is 4.79 Å². The molecule has 0 radical (unpaired) electrons. The van der Waals surface area contributed by atoms with Crippen molar-refractivity contribution in [2.45, 2.75) is 33.1 Å². The number of hydrogen-bond donors (Lipinski definition) is 1. The van der Waals surface area contributed by atoms with Gasteiger partial charge in [-0.3, -0.25) is 14.5 Å². The van der Waals surface area contributed by atoms with Crippen LogP contribution in [0.4, 0.5) is 5.69 Å². The van der Waals surface area contributed by atoms with E-state index in [1.165, 1.54) is 24.0 Å². The van der Waals surface area contributed by atoms with Crippen LogP contribution in [0.25, 0.3) is 16.6 Å². The van der Waals surface area contributed by atoms with E-state index in [9.17, 15) is 9.59 Å². The first-order valence-corrected chi connectivity index (χ1v) is 13.6. The van der Waals surface area contributed by atoms with Gasteiger partial charge in [0.1, 0.15) is 17.0 Å². The molecule has 9 nitrogen and oxygen atoms in total. The molecule has 0 spiro atoms. The number of amides is 1. The van der Waals surface area contributed by atoms with Crippen LogP contribution >= 0.6 is 11.6 Å². The number of nitrogens with one attached hydrogen (secondary N) is 1. The van der Waals surface area contributed by atoms with Gasteiger partial charge in [0.25, 0.3) is 5.56 Å². The first kappa shape index (κ1) is 24.9. The molecular weight excluding hydrogens is 502 g/mol. The van der Waals surface area contributed by atoms with Gasteiger partial charge in [-0.1, -0.05) is 11.6 Å². The Hall–Kier alpha value is -3.43. The largest absolute Gasteiger partial charge is 0.366 e. The van der Waals surface area contributed by atoms with Gasteiger partial charge in [0.05, 0.1) is 23.3 Å². The van der Waals surface area contributed by atoms with Crippen molar-refractivity contribution in [1.29, 1.82) is 0 Å². The van der Waals surface area contributed by atoms with Crippen LogP contribution in [0.15, 0.2) is 35.4 Å². The topological polar surface area (TPSA) is 89.8 Å². The zero-order valence-electron chi connectivity index (χ0n) is 21.8. The minimum absolute atomic E-state index is 0.192. The van der Waals surface area contributed by atoms with E-state index in [0.717, 1.165) is 30.1 Å². The summed E-state index contributed by atoms with van der Waals surface area (Å²) in [5.74, 6) is 0.750. The number of carbonyl (C=O) groups excluding carboxylic acids is 1. The van der Waals surface area contributed by atoms with Crippen LogP contribution in [0.3, 0.4) is 0 Å². The van der Waals surface area contributed by atoms with E-state index in [0.29, 0.717) is 60.9 Å². The number of anilines is 1. The molecule has 38 heavy (non-hydrogen) atoms. The van der Waals surface area contributed by atoms with Gasteiger partial charge >= 0.3 is 0 Å². The Morgan fingerprint density at radius 2 is 1.74 bits per heavy atom. The van der Waals surface area contributed by atoms with E-state index in [1.54, 1.807) is 6.07 Å². The lowest BCUT2D eigenvalue weighted by Gasteiger charge is -2.37. The smallest absolute Gasteiger partial charge is 0.258 e. The minimum atomic E-state index is -0.219. The molecule has 10 heteroatoms. The molecule has 4 aromatic rings. The SMILES string of the molecule is Cc1cc2nc(Cc3nc4c(N5CCN(C(=O)CN6CCCC6)CC5)cc(Cl)cc4c(=O)[nH]3)cn2cc1C. The quantitative estimate of drug-likeness (QED) is 0.424. The van der Waals surface area contributed by atoms with Gasteiger partial charge in [0, 0.05) is 50.0 Å². The number of pyridine rings is 1. The van der Waals surface area contributed by atoms with Gasteiger partial charge in [0.2, 0.25) is 5.91 Å². The highest BCUT2D eigenvalue weighted by Gasteiger charge is 2.25. The number of fused-ring (bicyclic) bond motifs is 2. The molecular formula is C28H32ClN7O2. The van der Waals surface area contributed by atoms with Crippen LogP contribution < -0.4 is 10.5 Å². The number of piperazine rings is 1. The highest BCUT2D eigenvalue weighted by atomic mass is 35.5. The van der Waals surface area contributed by atoms with E-state index in [1.807, 2.05) is 21.6 Å². The van der Waals surface area contributed by atoms with Gasteiger partial charge < -0.3 is 19.2 Å². The predicted molar refractivity (Wildman–Crippen MR) is 149 cm³/mol. The predicted octanol–water partition coefficient (Wildman–Crippen LogP) is 3.18. The number of imidazole rings is 1. The van der Waals surface area contributed by atoms with Crippen LogP contribution in [0.5, 0.6) is 0 Å². The fraction of sp³-hybridized carbons (Fsp3) is 0.429. The highest BCUT2D eigenvalue weighted by molar-refractivity contribution is 6.31. The molecule has 0 aliphatic carbocycles. The Morgan fingerprint density at radius 1 is 0.974 bits per heavy atom. The number of aromatic amines is 1. The molecule has 5 heterocycles. The highest BCUT2D eigenvalue weighted by Crippen LogP contribution is 2.29. The van der Waals surface area contributed by atoms with E-state index in [-0.39, 0.29) is 11.5 Å². The van der Waals surface area contributed by atoms with Gasteiger partial charge in [-0.15, -0.1) is 0 Å². The molecule has 2 aliphatic rings. The average molecular weight is 534 g/mol. The lowest BCUT2D eigenvalue weighted by atomic mass is 10.1. The Balaban J connectivity index is 1.25. The second-order valence-electron chi connectivity index (χ2n) is 10.5. The summed E-state index contributed by atoms with van der Waals surface area (Å²) >= 11 is 6.44. The number of aryl methyl sites for hydroxylation is 2. The third kappa shape index (κ3) is 4.88. The normalized spacial score (nSPS) is 16.7. The molecule has 198 valence electrons. The third-order valence-electron chi connectivity index (χ3n) is 7.79. The van der Waals surface area contributed by atoms with Crippen molar-refractivity contribution >= 4 is 39.7 Å². The molecule has 6 rings (SSSR count). The fourth-order valence-corrected chi connectivity index (χ4v) is 5.75. The molecule has 1 N–H and O–H groups in total. The Labute approximate surface area is 226 Å². The van der Waals surface area contributed by atoms with E-state index < -0.39 is 0 Å². The molecule has 0 bridgehead atoms. The van der Waals surface area contributed by atoms with Crippen molar-refractivity contribution in [3.05, 3.63) is 68.6 Å². The number of H-pyrrole nitrogens is 1. The van der Waals surface area contributed by atoms with Gasteiger partial charge in [-0.05, 0) is 69.1 Å². The maximum atomic E-state index is 13.1. The van der Waals surface area contributed by atoms with Crippen molar-refractivity contribution in [2.75, 3.05) is 50.7 Å². The maximum absolute atomic E-state index is 13.1. The molecule has 3 aromatic heterocycles. The summed E-state index contributed by atoms with van der Waals surface area (Å²) in [6.07, 6.45) is 6.80. The lowest BCUT2D eigenvalue weighted by Crippen LogP contribution is -2.51. The summed E-state index contributed by atoms with van der Waals surface area (Å²) < 4.78 is 2.01. The lowest BCUT2D eigenvalue weighted by molar-refractivity contribution is -0.132. The summed E-state index contributed by atoms with van der Waals surface area (Å²) in [4.78, 5) is 44.8. The number of halogens is 1. The maximum Gasteiger partial charge on any atom is 0.258 e. The number of nitrogens with zero attached hydrogens (tertiary/aromatic N) is 6. The zero-order chi connectivity index (χ0) is 26.4. The van der Waals surface area contributed by atoms with E-state index in [4.69, 9.17) is 21.6 Å². The Kier molecular flexibility index (Phi) is 6.57. The molecule has 1 aromatic carbocycles. The Bertz CT molecular complexity index is 1540. The molecule has 1 amide bonds. The van der Waals surface area contributed by atoms with Gasteiger partial charge in [0.15, 0.2) is 0 Å². The van der Waals surface area contributed by atoms with Crippen LogP contribution in [0.2, 0.25) is 5.02 Å². The second-order valence-corrected chi connectivity index (χ2v) is 10.9. The summed E-state index contributed by atoms with van der Waals surface area (Å²) in [5, 5.41) is 0.955. The fourth-order valence-electron chi connectivity index (χ4n) is 5.54. The second kappa shape index (κ2) is 10.0. The zero-order valence-corrected chi connectivity index (χ0v) is 22.6. The number of aromatic nitrogens is 4. The van der Waals surface area contributed by atoms with Crippen LogP contribution in [-0.2, 0) is 11.2 Å². The van der Waals surface area contributed by atoms with Crippen molar-refractivity contribution in [1.82, 2.24) is 29.2 Å². The number of hydrogen-bond acceptors (Lipinski definition) is 6. The molecule has 0 unspecified atom stereocenters. The van der Waals surface area contributed by atoms with Crippen molar-refractivity contribution in [2.24, 2.45) is 0 Å². The van der Waals surface area contributed by atoms with Crippen LogP contribution in [-0.4, -0.2) is 80.9 Å². The van der Waals surface area contributed by atoms with Crippen LogP contribution in [0, 0.1) is 13.8 Å². The van der Waals surface area contributed by atoms with Crippen LogP contribution in [0.1, 0.15) is 35.5 Å². The number of carbonyl (C=O) groups is 1. The summed E-state index contributed by atoms with van der Waals surface area (Å²) in [7, 11) is 0. The monoisotopic (exact) mass is 533 g/mol. The first-order chi connectivity index (χ1) is 18.3. The molecule has 2 saturated heterocycles. The number of rotatable bonds is 5. The number of benzene rings is 1. The molecule has 0 atom stereocenters. The summed E-state index contributed by atoms with van der Waals surface area (Å²) in [6, 6.07) is 5.60. The third-order valence-corrected chi connectivity index (χ3v) is 8.01. The summed E-state index contributed by atoms with van der Waals surface area (Å²) in [6.45, 7) is 9.27. The van der Waals surface area contributed by atoms with Crippen molar-refractivity contribution in [3.8, 4) is 0 Å². The minimum Gasteiger partial charge on any atom is -0.366 e. The molecule has 0 saturated carbocycles. The molecule has 2 fully saturated rings. The van der Waals surface area contributed by atoms with E-state index in [2.05, 4.69) is 40.9 Å². The number of likely N-dealkylation sites (tertiary alicyclic amines) is 1.